The second-order valence-corrected chi connectivity index (χ2v) is 8.03. The second-order valence-electron chi connectivity index (χ2n) is 6.26. The van der Waals surface area contributed by atoms with Crippen LogP contribution in [0.4, 0.5) is 18.9 Å². The van der Waals surface area contributed by atoms with Gasteiger partial charge in [0.25, 0.3) is 0 Å². The first-order chi connectivity index (χ1) is 14.1. The molecule has 3 aromatic rings. The average Bonchev–Trinajstić information content (AvgIpc) is 3.21. The Bertz CT molecular complexity index is 1130. The van der Waals surface area contributed by atoms with Crippen molar-refractivity contribution in [2.45, 2.75) is 17.6 Å². The third kappa shape index (κ3) is 5.45. The molecule has 1 amide bonds. The van der Waals surface area contributed by atoms with Gasteiger partial charge in [0.2, 0.25) is 15.9 Å². The Morgan fingerprint density at radius 2 is 1.83 bits per heavy atom. The Hall–Kier alpha value is -3.18. The molecule has 7 nitrogen and oxygen atoms in total. The molecule has 0 radical (unpaired) electrons. The Morgan fingerprint density at radius 3 is 2.53 bits per heavy atom. The highest BCUT2D eigenvalue weighted by Crippen LogP contribution is 2.30. The third-order valence-electron chi connectivity index (χ3n) is 4.08. The summed E-state index contributed by atoms with van der Waals surface area (Å²) in [5.41, 5.74) is 0.119. The van der Waals surface area contributed by atoms with Crippen LogP contribution in [-0.4, -0.2) is 30.7 Å². The number of nitrogens with one attached hydrogen (secondary N) is 2. The van der Waals surface area contributed by atoms with Crippen LogP contribution in [0.15, 0.2) is 71.9 Å². The van der Waals surface area contributed by atoms with Crippen LogP contribution in [0.2, 0.25) is 0 Å². The number of halogens is 3. The molecular formula is C19H17F3N4O3S. The summed E-state index contributed by atoms with van der Waals surface area (Å²) < 4.78 is 66.6. The minimum absolute atomic E-state index is 0.388. The van der Waals surface area contributed by atoms with E-state index in [9.17, 15) is 26.4 Å². The van der Waals surface area contributed by atoms with Crippen LogP contribution in [0, 0.1) is 0 Å². The molecule has 0 saturated carbocycles. The highest BCUT2D eigenvalue weighted by molar-refractivity contribution is 7.89. The van der Waals surface area contributed by atoms with Crippen molar-refractivity contribution in [2.24, 2.45) is 0 Å². The Morgan fingerprint density at radius 1 is 1.07 bits per heavy atom. The van der Waals surface area contributed by atoms with Crippen molar-refractivity contribution >= 4 is 21.6 Å². The summed E-state index contributed by atoms with van der Waals surface area (Å²) in [4.78, 5) is 11.7. The van der Waals surface area contributed by atoms with Crippen molar-refractivity contribution in [2.75, 3.05) is 11.9 Å². The molecule has 0 saturated heterocycles. The zero-order chi connectivity index (χ0) is 21.8. The van der Waals surface area contributed by atoms with E-state index in [0.717, 1.165) is 23.8 Å². The van der Waals surface area contributed by atoms with Gasteiger partial charge in [-0.05, 0) is 35.9 Å². The zero-order valence-electron chi connectivity index (χ0n) is 15.4. The van der Waals surface area contributed by atoms with Crippen LogP contribution in [-0.2, 0) is 27.5 Å². The molecule has 1 heterocycles. The molecule has 0 spiro atoms. The van der Waals surface area contributed by atoms with E-state index >= 15 is 0 Å². The van der Waals surface area contributed by atoms with Gasteiger partial charge < -0.3 is 5.32 Å². The number of hydrogen-bond donors (Lipinski definition) is 2. The van der Waals surface area contributed by atoms with Gasteiger partial charge in [0.1, 0.15) is 0 Å². The summed E-state index contributed by atoms with van der Waals surface area (Å²) in [7, 11) is -4.31. The fourth-order valence-electron chi connectivity index (χ4n) is 2.63. The number of nitrogens with zero attached hydrogens (tertiary/aromatic N) is 2. The summed E-state index contributed by atoms with van der Waals surface area (Å²) in [6.45, 7) is -0.256. The molecule has 11 heteroatoms. The van der Waals surface area contributed by atoms with Crippen molar-refractivity contribution in [3.63, 3.8) is 0 Å². The standard InChI is InChI=1S/C19H17F3N4O3S/c20-19(21,22)15-6-3-7-16(11-15)30(28,29)24-12-18(27)25-17-8-2-1-5-14(17)13-26-10-4-9-23-26/h1-11,24H,12-13H2,(H,25,27). The van der Waals surface area contributed by atoms with Crippen molar-refractivity contribution in [3.8, 4) is 0 Å². The number of para-hydroxylation sites is 1. The normalized spacial score (nSPS) is 12.0. The molecule has 30 heavy (non-hydrogen) atoms. The number of sulfonamides is 1. The number of carbonyl (C=O) groups is 1. The number of alkyl halides is 3. The quantitative estimate of drug-likeness (QED) is 0.593. The van der Waals surface area contributed by atoms with Gasteiger partial charge in [0, 0.05) is 18.1 Å². The second kappa shape index (κ2) is 8.67. The molecule has 0 aliphatic carbocycles. The number of amides is 1. The van der Waals surface area contributed by atoms with Gasteiger partial charge >= 0.3 is 6.18 Å². The van der Waals surface area contributed by atoms with Crippen LogP contribution in [0.1, 0.15) is 11.1 Å². The number of benzene rings is 2. The van der Waals surface area contributed by atoms with Crippen molar-refractivity contribution < 1.29 is 26.4 Å². The average molecular weight is 438 g/mol. The van der Waals surface area contributed by atoms with E-state index in [-0.39, 0.29) is 0 Å². The van der Waals surface area contributed by atoms with E-state index in [1.165, 1.54) is 0 Å². The largest absolute Gasteiger partial charge is 0.416 e. The number of aromatic nitrogens is 2. The highest BCUT2D eigenvalue weighted by Gasteiger charge is 2.31. The molecule has 3 rings (SSSR count). The molecular weight excluding hydrogens is 421 g/mol. The minimum atomic E-state index is -4.68. The van der Waals surface area contributed by atoms with Gasteiger partial charge in [-0.1, -0.05) is 24.3 Å². The van der Waals surface area contributed by atoms with Gasteiger partial charge in [-0.2, -0.15) is 18.3 Å². The Kier molecular flexibility index (Phi) is 6.22. The lowest BCUT2D eigenvalue weighted by molar-refractivity contribution is -0.137. The topological polar surface area (TPSA) is 93.1 Å². The number of rotatable bonds is 7. The first-order valence-corrected chi connectivity index (χ1v) is 10.2. The van der Waals surface area contributed by atoms with Crippen LogP contribution in [0.3, 0.4) is 0 Å². The van der Waals surface area contributed by atoms with Crippen LogP contribution < -0.4 is 10.0 Å². The van der Waals surface area contributed by atoms with Crippen molar-refractivity contribution in [1.29, 1.82) is 0 Å². The zero-order valence-corrected chi connectivity index (χ0v) is 16.2. The molecule has 0 atom stereocenters. The molecule has 2 N–H and O–H groups in total. The summed E-state index contributed by atoms with van der Waals surface area (Å²) in [6.07, 6.45) is -1.31. The van der Waals surface area contributed by atoms with E-state index in [0.29, 0.717) is 18.3 Å². The lowest BCUT2D eigenvalue weighted by Crippen LogP contribution is -2.33. The van der Waals surface area contributed by atoms with E-state index in [1.54, 1.807) is 47.4 Å². The van der Waals surface area contributed by atoms with E-state index in [1.807, 2.05) is 4.72 Å². The monoisotopic (exact) mass is 438 g/mol. The maximum atomic E-state index is 12.8. The first-order valence-electron chi connectivity index (χ1n) is 8.67. The molecule has 0 unspecified atom stereocenters. The molecule has 0 fully saturated rings. The summed E-state index contributed by atoms with van der Waals surface area (Å²) in [6, 6.07) is 12.0. The summed E-state index contributed by atoms with van der Waals surface area (Å²) in [5, 5.41) is 6.69. The maximum absolute atomic E-state index is 12.8. The Balaban J connectivity index is 1.66. The van der Waals surface area contributed by atoms with Gasteiger partial charge in [-0.25, -0.2) is 13.1 Å². The third-order valence-corrected chi connectivity index (χ3v) is 5.48. The number of hydrogen-bond acceptors (Lipinski definition) is 4. The molecule has 1 aromatic heterocycles. The fourth-order valence-corrected chi connectivity index (χ4v) is 3.65. The first kappa shape index (κ1) is 21.5. The van der Waals surface area contributed by atoms with E-state index < -0.39 is 39.1 Å². The molecule has 0 aliphatic heterocycles. The van der Waals surface area contributed by atoms with Gasteiger partial charge in [0.15, 0.2) is 0 Å². The highest BCUT2D eigenvalue weighted by atomic mass is 32.2. The van der Waals surface area contributed by atoms with Gasteiger partial charge in [-0.3, -0.25) is 9.48 Å². The van der Waals surface area contributed by atoms with Gasteiger partial charge in [-0.15, -0.1) is 0 Å². The van der Waals surface area contributed by atoms with Crippen LogP contribution in [0.25, 0.3) is 0 Å². The van der Waals surface area contributed by atoms with E-state index in [2.05, 4.69) is 10.4 Å². The van der Waals surface area contributed by atoms with Crippen molar-refractivity contribution in [3.05, 3.63) is 78.1 Å². The van der Waals surface area contributed by atoms with E-state index in [4.69, 9.17) is 0 Å². The molecule has 0 bridgehead atoms. The summed E-state index contributed by atoms with van der Waals surface area (Å²) >= 11 is 0. The number of carbonyl (C=O) groups excluding carboxylic acids is 1. The van der Waals surface area contributed by atoms with Crippen molar-refractivity contribution in [1.82, 2.24) is 14.5 Å². The summed E-state index contributed by atoms with van der Waals surface area (Å²) in [5.74, 6) is -0.668. The predicted octanol–water partition coefficient (Wildman–Crippen LogP) is 2.87. The van der Waals surface area contributed by atoms with Crippen LogP contribution in [0.5, 0.6) is 0 Å². The molecule has 2 aromatic carbocycles. The minimum Gasteiger partial charge on any atom is -0.325 e. The number of anilines is 1. The Labute approximate surface area is 170 Å². The van der Waals surface area contributed by atoms with Gasteiger partial charge in [0.05, 0.1) is 23.5 Å². The van der Waals surface area contributed by atoms with Crippen LogP contribution >= 0.6 is 0 Å². The fraction of sp³-hybridized carbons (Fsp3) is 0.158. The SMILES string of the molecule is O=C(CNS(=O)(=O)c1cccc(C(F)(F)F)c1)Nc1ccccc1Cn1cccn1. The predicted molar refractivity (Wildman–Crippen MR) is 103 cm³/mol. The smallest absolute Gasteiger partial charge is 0.325 e. The molecule has 0 aliphatic rings. The lowest BCUT2D eigenvalue weighted by atomic mass is 10.1. The lowest BCUT2D eigenvalue weighted by Gasteiger charge is -2.12. The molecule has 158 valence electrons. The maximum Gasteiger partial charge on any atom is 0.416 e.